The van der Waals surface area contributed by atoms with E-state index < -0.39 is 15.9 Å². The molecule has 1 aliphatic heterocycles. The first-order valence-electron chi connectivity index (χ1n) is 6.76. The zero-order valence-electron chi connectivity index (χ0n) is 11.3. The highest BCUT2D eigenvalue weighted by atomic mass is 32.2. The molecule has 0 radical (unpaired) electrons. The van der Waals surface area contributed by atoms with Gasteiger partial charge in [-0.3, -0.25) is 4.79 Å². The molecule has 0 spiro atoms. The Bertz CT molecular complexity index is 557. The van der Waals surface area contributed by atoms with Crippen molar-refractivity contribution >= 4 is 15.7 Å². The van der Waals surface area contributed by atoms with Gasteiger partial charge in [-0.15, -0.1) is 0 Å². The summed E-state index contributed by atoms with van der Waals surface area (Å²) in [5.74, 6) is -0.0792. The minimum Gasteiger partial charge on any atom is -0.351 e. The number of aryl methyl sites for hydroxylation is 1. The Morgan fingerprint density at radius 2 is 2.05 bits per heavy atom. The lowest BCUT2D eigenvalue weighted by atomic mass is 10.1. The van der Waals surface area contributed by atoms with Crippen LogP contribution in [0, 0.1) is 0 Å². The third-order valence-corrected chi connectivity index (χ3v) is 5.27. The lowest BCUT2D eigenvalue weighted by molar-refractivity contribution is -0.123. The molecule has 1 aromatic carbocycles. The van der Waals surface area contributed by atoms with Crippen LogP contribution in [0.3, 0.4) is 0 Å². The molecule has 2 rings (SSSR count). The van der Waals surface area contributed by atoms with Gasteiger partial charge in [-0.05, 0) is 24.8 Å². The van der Waals surface area contributed by atoms with Crippen LogP contribution in [-0.2, 0) is 21.1 Å². The molecule has 3 N–H and O–H groups in total. The molecule has 0 aromatic heterocycles. The highest BCUT2D eigenvalue weighted by Gasteiger charge is 2.29. The molecule has 1 fully saturated rings. The second kappa shape index (κ2) is 6.37. The normalized spacial score (nSPS) is 22.4. The van der Waals surface area contributed by atoms with Crippen molar-refractivity contribution in [2.45, 2.75) is 31.3 Å². The van der Waals surface area contributed by atoms with Gasteiger partial charge in [0.25, 0.3) is 0 Å². The van der Waals surface area contributed by atoms with Gasteiger partial charge in [0.2, 0.25) is 5.91 Å². The topological polar surface area (TPSA) is 89.3 Å². The fraction of sp³-hybridized carbons (Fsp3) is 0.500. The highest BCUT2D eigenvalue weighted by molar-refractivity contribution is 7.91. The minimum absolute atomic E-state index is 0.0319. The van der Waals surface area contributed by atoms with E-state index >= 15 is 0 Å². The summed E-state index contributed by atoms with van der Waals surface area (Å²) in [7, 11) is -2.98. The largest absolute Gasteiger partial charge is 0.351 e. The minimum atomic E-state index is -2.98. The third kappa shape index (κ3) is 4.31. The van der Waals surface area contributed by atoms with Crippen LogP contribution in [0.4, 0.5) is 0 Å². The van der Waals surface area contributed by atoms with Gasteiger partial charge in [0, 0.05) is 6.04 Å². The molecule has 20 heavy (non-hydrogen) atoms. The van der Waals surface area contributed by atoms with Crippen molar-refractivity contribution in [1.82, 2.24) is 5.32 Å². The van der Waals surface area contributed by atoms with E-state index in [1.54, 1.807) is 0 Å². The number of carbonyl (C=O) groups is 1. The van der Waals surface area contributed by atoms with Crippen molar-refractivity contribution in [2.75, 3.05) is 11.5 Å². The molecular weight excluding hydrogens is 276 g/mol. The number of carbonyl (C=O) groups excluding carboxylic acids is 1. The van der Waals surface area contributed by atoms with E-state index in [9.17, 15) is 13.2 Å². The average molecular weight is 296 g/mol. The summed E-state index contributed by atoms with van der Waals surface area (Å²) >= 11 is 0. The maximum atomic E-state index is 11.9. The third-order valence-electron chi connectivity index (χ3n) is 3.50. The highest BCUT2D eigenvalue weighted by Crippen LogP contribution is 2.11. The van der Waals surface area contributed by atoms with Crippen molar-refractivity contribution in [3.05, 3.63) is 35.9 Å². The fourth-order valence-corrected chi connectivity index (χ4v) is 3.99. The van der Waals surface area contributed by atoms with Crippen LogP contribution in [0.25, 0.3) is 0 Å². The molecule has 2 atom stereocenters. The van der Waals surface area contributed by atoms with E-state index in [-0.39, 0.29) is 23.5 Å². The zero-order chi connectivity index (χ0) is 14.6. The molecule has 0 bridgehead atoms. The quantitative estimate of drug-likeness (QED) is 0.815. The Morgan fingerprint density at radius 3 is 2.65 bits per heavy atom. The number of benzene rings is 1. The average Bonchev–Trinajstić information content (AvgIpc) is 2.76. The summed E-state index contributed by atoms with van der Waals surface area (Å²) in [5.41, 5.74) is 6.99. The predicted octanol–water partition coefficient (Wildman–Crippen LogP) is 0.250. The lowest BCUT2D eigenvalue weighted by Crippen LogP contribution is -2.46. The van der Waals surface area contributed by atoms with Crippen molar-refractivity contribution in [2.24, 2.45) is 5.73 Å². The predicted molar refractivity (Wildman–Crippen MR) is 77.9 cm³/mol. The van der Waals surface area contributed by atoms with E-state index in [1.807, 2.05) is 30.3 Å². The van der Waals surface area contributed by atoms with Gasteiger partial charge in [0.1, 0.15) is 0 Å². The van der Waals surface area contributed by atoms with E-state index in [1.165, 1.54) is 0 Å². The summed E-state index contributed by atoms with van der Waals surface area (Å²) in [5, 5.41) is 2.73. The van der Waals surface area contributed by atoms with Crippen LogP contribution >= 0.6 is 0 Å². The monoisotopic (exact) mass is 296 g/mol. The Hall–Kier alpha value is -1.40. The molecule has 1 aliphatic rings. The molecule has 1 unspecified atom stereocenters. The van der Waals surface area contributed by atoms with Crippen molar-refractivity contribution < 1.29 is 13.2 Å². The lowest BCUT2D eigenvalue weighted by Gasteiger charge is -2.15. The van der Waals surface area contributed by atoms with Crippen LogP contribution in [0.2, 0.25) is 0 Å². The Kier molecular flexibility index (Phi) is 4.77. The standard InChI is InChI=1S/C14H20N2O3S/c15-13(7-6-11-4-2-1-3-5-11)14(17)16-12-8-9-20(18,19)10-12/h1-5,12-13H,6-10,15H2,(H,16,17)/t12?,13-/m0/s1. The molecule has 0 aliphatic carbocycles. The van der Waals surface area contributed by atoms with Gasteiger partial charge in [-0.25, -0.2) is 8.42 Å². The molecular formula is C14H20N2O3S. The van der Waals surface area contributed by atoms with Gasteiger partial charge in [-0.1, -0.05) is 30.3 Å². The molecule has 0 saturated carbocycles. The van der Waals surface area contributed by atoms with Gasteiger partial charge in [0.05, 0.1) is 17.5 Å². The van der Waals surface area contributed by atoms with Gasteiger partial charge in [0.15, 0.2) is 9.84 Å². The number of rotatable bonds is 5. The Morgan fingerprint density at radius 1 is 1.35 bits per heavy atom. The van der Waals surface area contributed by atoms with Crippen LogP contribution < -0.4 is 11.1 Å². The first-order valence-corrected chi connectivity index (χ1v) is 8.59. The van der Waals surface area contributed by atoms with Crippen LogP contribution in [0.1, 0.15) is 18.4 Å². The number of amides is 1. The van der Waals surface area contributed by atoms with E-state index in [4.69, 9.17) is 5.73 Å². The second-order valence-corrected chi connectivity index (χ2v) is 7.47. The summed E-state index contributed by atoms with van der Waals surface area (Å²) in [6.45, 7) is 0. The number of nitrogens with one attached hydrogen (secondary N) is 1. The number of nitrogens with two attached hydrogens (primary N) is 1. The summed E-state index contributed by atoms with van der Waals surface area (Å²) in [4.78, 5) is 11.9. The number of hydrogen-bond donors (Lipinski definition) is 2. The summed E-state index contributed by atoms with van der Waals surface area (Å²) in [6.07, 6.45) is 1.77. The van der Waals surface area contributed by atoms with Crippen molar-refractivity contribution in [1.29, 1.82) is 0 Å². The molecule has 5 nitrogen and oxygen atoms in total. The van der Waals surface area contributed by atoms with E-state index in [0.717, 1.165) is 12.0 Å². The number of hydrogen-bond acceptors (Lipinski definition) is 4. The second-order valence-electron chi connectivity index (χ2n) is 5.24. The van der Waals surface area contributed by atoms with Crippen LogP contribution in [0.5, 0.6) is 0 Å². The molecule has 110 valence electrons. The summed E-state index contributed by atoms with van der Waals surface area (Å²) in [6, 6.07) is 8.95. The Labute approximate surface area is 119 Å². The molecule has 1 aromatic rings. The number of sulfone groups is 1. The summed E-state index contributed by atoms with van der Waals surface area (Å²) < 4.78 is 22.6. The van der Waals surface area contributed by atoms with E-state index in [2.05, 4.69) is 5.32 Å². The van der Waals surface area contributed by atoms with Gasteiger partial charge >= 0.3 is 0 Å². The van der Waals surface area contributed by atoms with Gasteiger partial charge < -0.3 is 11.1 Å². The van der Waals surface area contributed by atoms with Crippen molar-refractivity contribution in [3.8, 4) is 0 Å². The van der Waals surface area contributed by atoms with Crippen molar-refractivity contribution in [3.63, 3.8) is 0 Å². The maximum Gasteiger partial charge on any atom is 0.237 e. The first-order chi connectivity index (χ1) is 9.46. The molecule has 1 saturated heterocycles. The molecule has 1 amide bonds. The van der Waals surface area contributed by atoms with Crippen LogP contribution in [-0.4, -0.2) is 37.9 Å². The fourth-order valence-electron chi connectivity index (χ4n) is 2.32. The molecule has 6 heteroatoms. The zero-order valence-corrected chi connectivity index (χ0v) is 12.1. The maximum absolute atomic E-state index is 11.9. The van der Waals surface area contributed by atoms with E-state index in [0.29, 0.717) is 12.8 Å². The van der Waals surface area contributed by atoms with Gasteiger partial charge in [-0.2, -0.15) is 0 Å². The Balaban J connectivity index is 1.78. The molecule has 1 heterocycles. The smallest absolute Gasteiger partial charge is 0.237 e. The van der Waals surface area contributed by atoms with Crippen LogP contribution in [0.15, 0.2) is 30.3 Å². The SMILES string of the molecule is N[C@@H](CCc1ccccc1)C(=O)NC1CCS(=O)(=O)C1. The first kappa shape index (κ1) is 15.0.